The smallest absolute Gasteiger partial charge is 0.272 e. The predicted octanol–water partition coefficient (Wildman–Crippen LogP) is 3.64. The molecule has 3 nitrogen and oxygen atoms in total. The molecule has 0 bridgehead atoms. The highest BCUT2D eigenvalue weighted by Crippen LogP contribution is 2.22. The first-order chi connectivity index (χ1) is 8.68. The van der Waals surface area contributed by atoms with Gasteiger partial charge >= 0.3 is 0 Å². The molecule has 0 radical (unpaired) electrons. The monoisotopic (exact) mass is 310 g/mol. The van der Waals surface area contributed by atoms with Crippen LogP contribution in [0.25, 0.3) is 0 Å². The Labute approximate surface area is 117 Å². The van der Waals surface area contributed by atoms with Gasteiger partial charge in [-0.25, -0.2) is 4.98 Å². The lowest BCUT2D eigenvalue weighted by Crippen LogP contribution is -2.37. The molecule has 0 aliphatic heterocycles. The van der Waals surface area contributed by atoms with Crippen LogP contribution in [0.5, 0.6) is 0 Å². The Morgan fingerprint density at radius 1 is 1.28 bits per heavy atom. The average Bonchev–Trinajstić information content (AvgIpc) is 2.66. The summed E-state index contributed by atoms with van der Waals surface area (Å²) in [6.45, 7) is 0. The van der Waals surface area contributed by atoms with Gasteiger partial charge < -0.3 is 4.90 Å². The van der Waals surface area contributed by atoms with Crippen molar-refractivity contribution < 1.29 is 4.79 Å². The van der Waals surface area contributed by atoms with E-state index in [4.69, 9.17) is 0 Å². The lowest BCUT2D eigenvalue weighted by molar-refractivity contribution is 0.0711. The highest BCUT2D eigenvalue weighted by molar-refractivity contribution is 9.10. The van der Waals surface area contributed by atoms with Crippen molar-refractivity contribution in [3.8, 4) is 0 Å². The molecule has 4 heteroatoms. The maximum atomic E-state index is 12.4. The topological polar surface area (TPSA) is 33.2 Å². The van der Waals surface area contributed by atoms with Crippen LogP contribution >= 0.6 is 15.9 Å². The molecule has 1 saturated carbocycles. The Morgan fingerprint density at radius 3 is 2.56 bits per heavy atom. The highest BCUT2D eigenvalue weighted by atomic mass is 79.9. The first-order valence-electron chi connectivity index (χ1n) is 6.58. The van der Waals surface area contributed by atoms with Crippen molar-refractivity contribution in [2.24, 2.45) is 0 Å². The SMILES string of the molecule is CN(C(=O)c1cccc(Br)n1)C1CCCCCC1. The quantitative estimate of drug-likeness (QED) is 0.617. The summed E-state index contributed by atoms with van der Waals surface area (Å²) in [6.07, 6.45) is 7.30. The molecule has 1 aliphatic rings. The summed E-state index contributed by atoms with van der Waals surface area (Å²) in [5.41, 5.74) is 0.524. The van der Waals surface area contributed by atoms with E-state index in [1.54, 1.807) is 6.07 Å². The van der Waals surface area contributed by atoms with Crippen LogP contribution in [0.1, 0.15) is 49.0 Å². The largest absolute Gasteiger partial charge is 0.337 e. The molecule has 1 amide bonds. The van der Waals surface area contributed by atoms with Gasteiger partial charge in [-0.15, -0.1) is 0 Å². The van der Waals surface area contributed by atoms with Crippen molar-refractivity contribution >= 4 is 21.8 Å². The van der Waals surface area contributed by atoms with Crippen molar-refractivity contribution in [2.45, 2.75) is 44.6 Å². The predicted molar refractivity (Wildman–Crippen MR) is 75.5 cm³/mol. The third-order valence-electron chi connectivity index (χ3n) is 3.63. The Bertz CT molecular complexity index is 414. The molecule has 2 rings (SSSR count). The molecule has 1 fully saturated rings. The van der Waals surface area contributed by atoms with E-state index in [9.17, 15) is 4.79 Å². The molecule has 0 saturated heterocycles. The molecule has 0 unspecified atom stereocenters. The Balaban J connectivity index is 2.07. The van der Waals surface area contributed by atoms with E-state index in [2.05, 4.69) is 20.9 Å². The van der Waals surface area contributed by atoms with Gasteiger partial charge in [0.15, 0.2) is 0 Å². The Morgan fingerprint density at radius 2 is 1.94 bits per heavy atom. The van der Waals surface area contributed by atoms with Crippen LogP contribution < -0.4 is 0 Å². The van der Waals surface area contributed by atoms with E-state index in [1.165, 1.54) is 25.7 Å². The lowest BCUT2D eigenvalue weighted by Gasteiger charge is -2.26. The van der Waals surface area contributed by atoms with Crippen LogP contribution in [0.3, 0.4) is 0 Å². The molecule has 1 aromatic rings. The number of aromatic nitrogens is 1. The molecule has 0 N–H and O–H groups in total. The van der Waals surface area contributed by atoms with Crippen LogP contribution in [0, 0.1) is 0 Å². The van der Waals surface area contributed by atoms with Crippen molar-refractivity contribution in [3.63, 3.8) is 0 Å². The van der Waals surface area contributed by atoms with Crippen LogP contribution in [0.15, 0.2) is 22.8 Å². The molecule has 1 aromatic heterocycles. The minimum absolute atomic E-state index is 0.0307. The fraction of sp³-hybridized carbons (Fsp3) is 0.571. The van der Waals surface area contributed by atoms with E-state index in [0.717, 1.165) is 12.8 Å². The van der Waals surface area contributed by atoms with Crippen molar-refractivity contribution in [2.75, 3.05) is 7.05 Å². The van der Waals surface area contributed by atoms with Gasteiger partial charge in [0.2, 0.25) is 0 Å². The standard InChI is InChI=1S/C14H19BrN2O/c1-17(11-7-4-2-3-5-8-11)14(18)12-9-6-10-13(15)16-12/h6,9-11H,2-5,7-8H2,1H3. The van der Waals surface area contributed by atoms with Crippen molar-refractivity contribution in [1.29, 1.82) is 0 Å². The summed E-state index contributed by atoms with van der Waals surface area (Å²) >= 11 is 3.31. The number of nitrogens with zero attached hydrogens (tertiary/aromatic N) is 2. The zero-order valence-electron chi connectivity index (χ0n) is 10.7. The minimum Gasteiger partial charge on any atom is -0.337 e. The second kappa shape index (κ2) is 6.32. The van der Waals surface area contributed by atoms with Gasteiger partial charge in [0.05, 0.1) is 0 Å². The molecule has 1 heterocycles. The second-order valence-corrected chi connectivity index (χ2v) is 5.72. The third kappa shape index (κ3) is 3.31. The van der Waals surface area contributed by atoms with Crippen LogP contribution in [0.4, 0.5) is 0 Å². The summed E-state index contributed by atoms with van der Waals surface area (Å²) < 4.78 is 0.711. The maximum absolute atomic E-state index is 12.4. The summed E-state index contributed by atoms with van der Waals surface area (Å²) in [4.78, 5) is 18.5. The third-order valence-corrected chi connectivity index (χ3v) is 4.07. The Kier molecular flexibility index (Phi) is 4.75. The molecule has 0 aromatic carbocycles. The molecular formula is C14H19BrN2O. The second-order valence-electron chi connectivity index (χ2n) is 4.91. The fourth-order valence-electron chi connectivity index (χ4n) is 2.52. The minimum atomic E-state index is 0.0307. The summed E-state index contributed by atoms with van der Waals surface area (Å²) in [5.74, 6) is 0.0307. The van der Waals surface area contributed by atoms with Gasteiger partial charge in [-0.3, -0.25) is 4.79 Å². The van der Waals surface area contributed by atoms with E-state index < -0.39 is 0 Å². The van der Waals surface area contributed by atoms with Gasteiger partial charge in [0, 0.05) is 13.1 Å². The summed E-state index contributed by atoms with van der Waals surface area (Å²) in [6, 6.07) is 5.84. The van der Waals surface area contributed by atoms with Crippen LogP contribution in [-0.4, -0.2) is 28.9 Å². The number of carbonyl (C=O) groups excluding carboxylic acids is 1. The number of carbonyl (C=O) groups is 1. The lowest BCUT2D eigenvalue weighted by atomic mass is 10.1. The van der Waals surface area contributed by atoms with E-state index in [1.807, 2.05) is 24.1 Å². The summed E-state index contributed by atoms with van der Waals surface area (Å²) in [5, 5.41) is 0. The van der Waals surface area contributed by atoms with Gasteiger partial charge in [-0.1, -0.05) is 31.7 Å². The van der Waals surface area contributed by atoms with Crippen LogP contribution in [0.2, 0.25) is 0 Å². The first-order valence-corrected chi connectivity index (χ1v) is 7.37. The molecule has 0 spiro atoms. The van der Waals surface area contributed by atoms with Gasteiger partial charge in [-0.2, -0.15) is 0 Å². The number of halogens is 1. The maximum Gasteiger partial charge on any atom is 0.272 e. The molecular weight excluding hydrogens is 292 g/mol. The van der Waals surface area contributed by atoms with Crippen molar-refractivity contribution in [1.82, 2.24) is 9.88 Å². The zero-order chi connectivity index (χ0) is 13.0. The molecule has 18 heavy (non-hydrogen) atoms. The fourth-order valence-corrected chi connectivity index (χ4v) is 2.86. The van der Waals surface area contributed by atoms with E-state index >= 15 is 0 Å². The normalized spacial score (nSPS) is 17.2. The molecule has 98 valence electrons. The average molecular weight is 311 g/mol. The molecule has 1 aliphatic carbocycles. The van der Waals surface area contributed by atoms with Gasteiger partial charge in [0.25, 0.3) is 5.91 Å². The Hall–Kier alpha value is -0.900. The first kappa shape index (κ1) is 13.5. The van der Waals surface area contributed by atoms with Gasteiger partial charge in [-0.05, 0) is 40.9 Å². The van der Waals surface area contributed by atoms with E-state index in [0.29, 0.717) is 16.3 Å². The summed E-state index contributed by atoms with van der Waals surface area (Å²) in [7, 11) is 1.90. The van der Waals surface area contributed by atoms with E-state index in [-0.39, 0.29) is 5.91 Å². The van der Waals surface area contributed by atoms with Crippen LogP contribution in [-0.2, 0) is 0 Å². The van der Waals surface area contributed by atoms with Crippen molar-refractivity contribution in [3.05, 3.63) is 28.5 Å². The van der Waals surface area contributed by atoms with Gasteiger partial charge in [0.1, 0.15) is 10.3 Å². The highest BCUT2D eigenvalue weighted by Gasteiger charge is 2.22. The number of hydrogen-bond donors (Lipinski definition) is 0. The number of pyridine rings is 1. The number of amides is 1. The number of rotatable bonds is 2. The zero-order valence-corrected chi connectivity index (χ0v) is 12.3. The number of hydrogen-bond acceptors (Lipinski definition) is 2. The molecule has 0 atom stereocenters.